The molecule has 0 aliphatic carbocycles. The Bertz CT molecular complexity index is 840. The summed E-state index contributed by atoms with van der Waals surface area (Å²) < 4.78 is 26.1. The van der Waals surface area contributed by atoms with Crippen LogP contribution in [0.4, 0.5) is 0 Å². The van der Waals surface area contributed by atoms with Crippen LogP contribution in [-0.2, 0) is 27.2 Å². The SMILES string of the molecule is COc1ccc(CCNC(=O)COC(=O)CCc2cc(OC)c(OC)c(OC)c2)cc1. The van der Waals surface area contributed by atoms with Crippen LogP contribution in [0.3, 0.4) is 0 Å². The zero-order valence-corrected chi connectivity index (χ0v) is 18.4. The van der Waals surface area contributed by atoms with Crippen molar-refractivity contribution in [2.24, 2.45) is 0 Å². The normalized spacial score (nSPS) is 10.2. The van der Waals surface area contributed by atoms with Crippen LogP contribution in [-0.4, -0.2) is 53.5 Å². The van der Waals surface area contributed by atoms with Crippen LogP contribution in [0, 0.1) is 0 Å². The van der Waals surface area contributed by atoms with Crippen LogP contribution < -0.4 is 24.3 Å². The molecule has 0 bridgehead atoms. The molecule has 1 N–H and O–H groups in total. The van der Waals surface area contributed by atoms with E-state index in [9.17, 15) is 9.59 Å². The molecule has 2 aromatic rings. The lowest BCUT2D eigenvalue weighted by Crippen LogP contribution is -2.30. The summed E-state index contributed by atoms with van der Waals surface area (Å²) in [6, 6.07) is 11.2. The minimum absolute atomic E-state index is 0.123. The average molecular weight is 431 g/mol. The van der Waals surface area contributed by atoms with Gasteiger partial charge < -0.3 is 29.0 Å². The number of carbonyl (C=O) groups is 2. The van der Waals surface area contributed by atoms with Gasteiger partial charge >= 0.3 is 5.97 Å². The standard InChI is InChI=1S/C23H29NO7/c1-27-18-8-5-16(6-9-18)11-12-24-21(25)15-31-22(26)10-7-17-13-19(28-2)23(30-4)20(14-17)29-3/h5-6,8-9,13-14H,7,10-12,15H2,1-4H3,(H,24,25). The van der Waals surface area contributed by atoms with Gasteiger partial charge in [0.1, 0.15) is 5.75 Å². The predicted octanol–water partition coefficient (Wildman–Crippen LogP) is 2.56. The molecule has 31 heavy (non-hydrogen) atoms. The van der Waals surface area contributed by atoms with Crippen molar-refractivity contribution >= 4 is 11.9 Å². The van der Waals surface area contributed by atoms with Gasteiger partial charge in [-0.3, -0.25) is 9.59 Å². The second-order valence-electron chi connectivity index (χ2n) is 6.64. The van der Waals surface area contributed by atoms with Gasteiger partial charge in [-0.1, -0.05) is 12.1 Å². The van der Waals surface area contributed by atoms with E-state index < -0.39 is 5.97 Å². The third kappa shape index (κ3) is 7.40. The molecule has 8 nitrogen and oxygen atoms in total. The number of nitrogens with one attached hydrogen (secondary N) is 1. The fraction of sp³-hybridized carbons (Fsp3) is 0.391. The Morgan fingerprint density at radius 3 is 2.00 bits per heavy atom. The summed E-state index contributed by atoms with van der Waals surface area (Å²) in [5, 5.41) is 2.74. The number of amides is 1. The quantitative estimate of drug-likeness (QED) is 0.516. The molecule has 0 saturated heterocycles. The monoisotopic (exact) mass is 431 g/mol. The summed E-state index contributed by atoms with van der Waals surface area (Å²) in [7, 11) is 6.20. The van der Waals surface area contributed by atoms with E-state index in [0.717, 1.165) is 16.9 Å². The minimum Gasteiger partial charge on any atom is -0.497 e. The molecule has 0 spiro atoms. The molecule has 0 radical (unpaired) electrons. The number of hydrogen-bond donors (Lipinski definition) is 1. The van der Waals surface area contributed by atoms with E-state index >= 15 is 0 Å². The van der Waals surface area contributed by atoms with Gasteiger partial charge in [0.15, 0.2) is 18.1 Å². The van der Waals surface area contributed by atoms with Crippen LogP contribution in [0.15, 0.2) is 36.4 Å². The highest BCUT2D eigenvalue weighted by Gasteiger charge is 2.14. The minimum atomic E-state index is -0.459. The van der Waals surface area contributed by atoms with E-state index in [1.807, 2.05) is 24.3 Å². The summed E-state index contributed by atoms with van der Waals surface area (Å²) >= 11 is 0. The number of aryl methyl sites for hydroxylation is 1. The van der Waals surface area contributed by atoms with E-state index in [1.54, 1.807) is 19.2 Å². The topological polar surface area (TPSA) is 92.3 Å². The lowest BCUT2D eigenvalue weighted by molar-refractivity contribution is -0.148. The van der Waals surface area contributed by atoms with E-state index in [0.29, 0.717) is 36.6 Å². The maximum absolute atomic E-state index is 12.0. The summed E-state index contributed by atoms with van der Waals surface area (Å²) in [5.41, 5.74) is 1.90. The van der Waals surface area contributed by atoms with Crippen LogP contribution in [0.25, 0.3) is 0 Å². The number of benzene rings is 2. The number of ether oxygens (including phenoxy) is 5. The van der Waals surface area contributed by atoms with Crippen molar-refractivity contribution in [2.75, 3.05) is 41.6 Å². The van der Waals surface area contributed by atoms with Gasteiger partial charge in [-0.05, 0) is 48.2 Å². The fourth-order valence-electron chi connectivity index (χ4n) is 2.93. The molecule has 0 aliphatic rings. The first kappa shape index (κ1) is 23.9. The number of esters is 1. The highest BCUT2D eigenvalue weighted by atomic mass is 16.5. The Labute approximate surface area is 182 Å². The highest BCUT2D eigenvalue weighted by Crippen LogP contribution is 2.38. The van der Waals surface area contributed by atoms with Crippen LogP contribution in [0.5, 0.6) is 23.0 Å². The zero-order chi connectivity index (χ0) is 22.6. The Hall–Kier alpha value is -3.42. The fourth-order valence-corrected chi connectivity index (χ4v) is 2.93. The molecule has 168 valence electrons. The summed E-state index contributed by atoms with van der Waals surface area (Å²) in [6.45, 7) is 0.144. The van der Waals surface area contributed by atoms with Gasteiger partial charge in [0, 0.05) is 13.0 Å². The summed E-state index contributed by atoms with van der Waals surface area (Å²) in [6.07, 6.45) is 1.21. The third-order valence-electron chi connectivity index (χ3n) is 4.60. The molecule has 0 fully saturated rings. The van der Waals surface area contributed by atoms with Crippen molar-refractivity contribution in [3.05, 3.63) is 47.5 Å². The van der Waals surface area contributed by atoms with Crippen LogP contribution in [0.2, 0.25) is 0 Å². The molecule has 8 heteroatoms. The molecule has 1 amide bonds. The first-order valence-corrected chi connectivity index (χ1v) is 9.84. The molecule has 0 unspecified atom stereocenters. The Morgan fingerprint density at radius 2 is 1.45 bits per heavy atom. The Balaban J connectivity index is 1.73. The Morgan fingerprint density at radius 1 is 0.806 bits per heavy atom. The van der Waals surface area contributed by atoms with Crippen molar-refractivity contribution in [1.82, 2.24) is 5.32 Å². The molecule has 0 aromatic heterocycles. The second-order valence-corrected chi connectivity index (χ2v) is 6.64. The molecule has 2 rings (SSSR count). The molecule has 0 atom stereocenters. The number of methoxy groups -OCH3 is 4. The molecule has 0 heterocycles. The second kappa shape index (κ2) is 12.3. The smallest absolute Gasteiger partial charge is 0.306 e. The van der Waals surface area contributed by atoms with Gasteiger partial charge in [-0.15, -0.1) is 0 Å². The maximum Gasteiger partial charge on any atom is 0.306 e. The predicted molar refractivity (Wildman–Crippen MR) is 115 cm³/mol. The van der Waals surface area contributed by atoms with Gasteiger partial charge in [0.2, 0.25) is 5.75 Å². The molecule has 0 saturated carbocycles. The number of rotatable bonds is 12. The third-order valence-corrected chi connectivity index (χ3v) is 4.60. The van der Waals surface area contributed by atoms with Crippen molar-refractivity contribution in [3.8, 4) is 23.0 Å². The maximum atomic E-state index is 12.0. The lowest BCUT2D eigenvalue weighted by atomic mass is 10.1. The van der Waals surface area contributed by atoms with Gasteiger partial charge in [0.05, 0.1) is 28.4 Å². The van der Waals surface area contributed by atoms with E-state index in [4.69, 9.17) is 23.7 Å². The van der Waals surface area contributed by atoms with Crippen LogP contribution in [0.1, 0.15) is 17.5 Å². The Kier molecular flexibility index (Phi) is 9.48. The molecule has 0 aliphatic heterocycles. The first-order valence-electron chi connectivity index (χ1n) is 9.84. The van der Waals surface area contributed by atoms with Gasteiger partial charge in [-0.2, -0.15) is 0 Å². The van der Waals surface area contributed by atoms with Crippen molar-refractivity contribution in [1.29, 1.82) is 0 Å². The molecule has 2 aromatic carbocycles. The zero-order valence-electron chi connectivity index (χ0n) is 18.4. The van der Waals surface area contributed by atoms with Crippen LogP contribution >= 0.6 is 0 Å². The lowest BCUT2D eigenvalue weighted by Gasteiger charge is -2.14. The average Bonchev–Trinajstić information content (AvgIpc) is 2.80. The molecular formula is C23H29NO7. The van der Waals surface area contributed by atoms with Gasteiger partial charge in [-0.25, -0.2) is 0 Å². The van der Waals surface area contributed by atoms with Gasteiger partial charge in [0.25, 0.3) is 5.91 Å². The van der Waals surface area contributed by atoms with E-state index in [-0.39, 0.29) is 18.9 Å². The summed E-state index contributed by atoms with van der Waals surface area (Å²) in [4.78, 5) is 23.9. The highest BCUT2D eigenvalue weighted by molar-refractivity contribution is 5.80. The first-order chi connectivity index (χ1) is 15.0. The largest absolute Gasteiger partial charge is 0.497 e. The van der Waals surface area contributed by atoms with E-state index in [2.05, 4.69) is 5.32 Å². The summed E-state index contributed by atoms with van der Waals surface area (Å²) in [5.74, 6) is 1.51. The number of hydrogen-bond acceptors (Lipinski definition) is 7. The van der Waals surface area contributed by atoms with E-state index in [1.165, 1.54) is 21.3 Å². The van der Waals surface area contributed by atoms with Crippen molar-refractivity contribution < 1.29 is 33.3 Å². The molecular weight excluding hydrogens is 402 g/mol. The van der Waals surface area contributed by atoms with Crippen molar-refractivity contribution in [2.45, 2.75) is 19.3 Å². The number of carbonyl (C=O) groups excluding carboxylic acids is 2. The van der Waals surface area contributed by atoms with Crippen molar-refractivity contribution in [3.63, 3.8) is 0 Å².